The first-order valence-corrected chi connectivity index (χ1v) is 17.0. The van der Waals surface area contributed by atoms with Crippen molar-refractivity contribution < 1.29 is 40.7 Å². The van der Waals surface area contributed by atoms with Crippen molar-refractivity contribution in [3.05, 3.63) is 59.7 Å². The molecule has 0 saturated carbocycles. The highest BCUT2D eigenvalue weighted by Crippen LogP contribution is 2.30. The second-order valence-electron chi connectivity index (χ2n) is 11.8. The van der Waals surface area contributed by atoms with Gasteiger partial charge in [-0.25, -0.2) is 26.4 Å². The Morgan fingerprint density at radius 1 is 1.00 bits per heavy atom. The molecule has 14 heteroatoms. The number of carbonyl (C=O) groups is 3. The highest BCUT2D eigenvalue weighted by molar-refractivity contribution is 7.91. The summed E-state index contributed by atoms with van der Waals surface area (Å²) in [6.07, 6.45) is 0.122. The van der Waals surface area contributed by atoms with E-state index in [-0.39, 0.29) is 23.5 Å². The number of esters is 1. The number of hydrogen-bond acceptors (Lipinski definition) is 9. The van der Waals surface area contributed by atoms with Crippen LogP contribution in [0, 0.1) is 6.92 Å². The van der Waals surface area contributed by atoms with Gasteiger partial charge in [-0.1, -0.05) is 29.8 Å². The molecule has 1 aliphatic heterocycles. The van der Waals surface area contributed by atoms with Gasteiger partial charge >= 0.3 is 12.1 Å². The maximum Gasteiger partial charge on any atom is 0.414 e. The lowest BCUT2D eigenvalue weighted by Gasteiger charge is -2.27. The SMILES string of the molecule is Cc1ccc(S(=O)(=O)N2CC(S(C)(=O)=O)C[C@H]2C(=O)N[C@@H](Cc2ccc(OC(=O)N(C)C)cc2)C(=O)OC(C)(C)C)cc1. The van der Waals surface area contributed by atoms with Crippen molar-refractivity contribution in [1.29, 1.82) is 0 Å². The number of aryl methyl sites for hydroxylation is 1. The van der Waals surface area contributed by atoms with Gasteiger partial charge < -0.3 is 19.7 Å². The zero-order valence-electron chi connectivity index (χ0n) is 25.4. The van der Waals surface area contributed by atoms with E-state index in [2.05, 4.69) is 5.32 Å². The molecule has 3 atom stereocenters. The van der Waals surface area contributed by atoms with Gasteiger partial charge in [0.05, 0.1) is 10.1 Å². The number of ether oxygens (including phenoxy) is 2. The summed E-state index contributed by atoms with van der Waals surface area (Å²) in [4.78, 5) is 39.9. The van der Waals surface area contributed by atoms with E-state index in [4.69, 9.17) is 9.47 Å². The van der Waals surface area contributed by atoms with Crippen LogP contribution >= 0.6 is 0 Å². The number of hydrogen-bond donors (Lipinski definition) is 1. The number of nitrogens with one attached hydrogen (secondary N) is 1. The average molecular weight is 638 g/mol. The zero-order valence-corrected chi connectivity index (χ0v) is 27.0. The Bertz CT molecular complexity index is 1550. The van der Waals surface area contributed by atoms with Gasteiger partial charge in [-0.2, -0.15) is 4.31 Å². The van der Waals surface area contributed by atoms with E-state index in [9.17, 15) is 31.2 Å². The van der Waals surface area contributed by atoms with Crippen molar-refractivity contribution in [2.45, 2.75) is 68.4 Å². The van der Waals surface area contributed by atoms with Crippen molar-refractivity contribution in [3.63, 3.8) is 0 Å². The van der Waals surface area contributed by atoms with E-state index < -0.39 is 67.3 Å². The Morgan fingerprint density at radius 2 is 1.58 bits per heavy atom. The molecule has 0 bridgehead atoms. The zero-order chi connectivity index (χ0) is 32.3. The molecule has 0 spiro atoms. The van der Waals surface area contributed by atoms with E-state index in [1.54, 1.807) is 66.1 Å². The Labute approximate surface area is 253 Å². The molecule has 3 rings (SSSR count). The smallest absolute Gasteiger partial charge is 0.414 e. The van der Waals surface area contributed by atoms with Crippen LogP contribution < -0.4 is 10.1 Å². The van der Waals surface area contributed by atoms with Crippen LogP contribution in [0.5, 0.6) is 5.75 Å². The van der Waals surface area contributed by atoms with Gasteiger partial charge in [0.25, 0.3) is 0 Å². The minimum atomic E-state index is -4.26. The summed E-state index contributed by atoms with van der Waals surface area (Å²) < 4.78 is 63.8. The summed E-state index contributed by atoms with van der Waals surface area (Å²) in [6.45, 7) is 6.39. The third-order valence-corrected chi connectivity index (χ3v) is 10.1. The molecule has 12 nitrogen and oxygen atoms in total. The van der Waals surface area contributed by atoms with Gasteiger partial charge in [-0.3, -0.25) is 4.79 Å². The first-order chi connectivity index (χ1) is 19.8. The summed E-state index contributed by atoms with van der Waals surface area (Å²) in [5.74, 6) is -1.31. The maximum absolute atomic E-state index is 13.7. The van der Waals surface area contributed by atoms with Crippen LogP contribution in [0.25, 0.3) is 0 Å². The summed E-state index contributed by atoms with van der Waals surface area (Å²) in [7, 11) is -4.88. The summed E-state index contributed by atoms with van der Waals surface area (Å²) in [5, 5.41) is 1.51. The molecule has 43 heavy (non-hydrogen) atoms. The van der Waals surface area contributed by atoms with Crippen LogP contribution in [0.15, 0.2) is 53.4 Å². The minimum Gasteiger partial charge on any atom is -0.458 e. The normalized spacial score (nSPS) is 18.5. The molecule has 236 valence electrons. The van der Waals surface area contributed by atoms with E-state index in [0.29, 0.717) is 5.56 Å². The molecule has 0 aromatic heterocycles. The highest BCUT2D eigenvalue weighted by atomic mass is 32.2. The molecule has 1 fully saturated rings. The van der Waals surface area contributed by atoms with E-state index in [1.807, 2.05) is 0 Å². The van der Waals surface area contributed by atoms with E-state index in [0.717, 1.165) is 16.1 Å². The molecular formula is C29H39N3O9S2. The quantitative estimate of drug-likeness (QED) is 0.408. The van der Waals surface area contributed by atoms with Gasteiger partial charge in [0.1, 0.15) is 23.4 Å². The predicted octanol–water partition coefficient (Wildman–Crippen LogP) is 2.30. The predicted molar refractivity (Wildman–Crippen MR) is 160 cm³/mol. The maximum atomic E-state index is 13.7. The molecule has 0 aliphatic carbocycles. The third-order valence-electron chi connectivity index (χ3n) is 6.69. The van der Waals surface area contributed by atoms with E-state index >= 15 is 0 Å². The number of amides is 2. The topological polar surface area (TPSA) is 156 Å². The second-order valence-corrected chi connectivity index (χ2v) is 16.0. The minimum absolute atomic E-state index is 0.0322. The van der Waals surface area contributed by atoms with Crippen molar-refractivity contribution in [2.75, 3.05) is 26.9 Å². The van der Waals surface area contributed by atoms with Crippen LogP contribution in [-0.4, -0.2) is 93.8 Å². The fourth-order valence-electron chi connectivity index (χ4n) is 4.38. The standard InChI is InChI=1S/C29H39N3O9S2/c1-19-8-14-22(15-9-19)43(38,39)32-18-23(42(7,36)37)17-25(32)26(33)30-24(27(34)41-29(2,3)4)16-20-10-12-21(13-11-20)40-28(35)31(5)6/h8-15,23-25H,16-18H2,1-7H3,(H,30,33)/t23?,24-,25-/m0/s1. The molecule has 2 aromatic carbocycles. The summed E-state index contributed by atoms with van der Waals surface area (Å²) >= 11 is 0. The molecule has 0 radical (unpaired) electrons. The molecule has 2 aromatic rings. The number of rotatable bonds is 9. The number of sulfone groups is 1. The first kappa shape index (κ1) is 34.0. The van der Waals surface area contributed by atoms with Crippen LogP contribution in [-0.2, 0) is 40.6 Å². The fourth-order valence-corrected chi connectivity index (χ4v) is 7.09. The Hall–Kier alpha value is -3.49. The molecular weight excluding hydrogens is 598 g/mol. The van der Waals surface area contributed by atoms with Gasteiger partial charge in [-0.05, 0) is 63.9 Å². The number of carbonyl (C=O) groups excluding carboxylic acids is 3. The number of nitrogens with zero attached hydrogens (tertiary/aromatic N) is 2. The van der Waals surface area contributed by atoms with E-state index in [1.165, 1.54) is 29.2 Å². The van der Waals surface area contributed by atoms with Crippen LogP contribution in [0.2, 0.25) is 0 Å². The first-order valence-electron chi connectivity index (χ1n) is 13.6. The Balaban J connectivity index is 1.91. The third kappa shape index (κ3) is 9.00. The lowest BCUT2D eigenvalue weighted by molar-refractivity contribution is -0.158. The molecule has 1 saturated heterocycles. The van der Waals surface area contributed by atoms with Crippen LogP contribution in [0.1, 0.15) is 38.3 Å². The molecule has 1 heterocycles. The largest absolute Gasteiger partial charge is 0.458 e. The lowest BCUT2D eigenvalue weighted by Crippen LogP contribution is -2.52. The Kier molecular flexibility index (Phi) is 10.3. The number of sulfonamides is 1. The molecule has 2 amide bonds. The average Bonchev–Trinajstić information content (AvgIpc) is 3.36. The Morgan fingerprint density at radius 3 is 2.09 bits per heavy atom. The van der Waals surface area contributed by atoms with Gasteiger partial charge in [0, 0.05) is 33.3 Å². The van der Waals surface area contributed by atoms with Crippen molar-refractivity contribution in [3.8, 4) is 5.75 Å². The van der Waals surface area contributed by atoms with Crippen molar-refractivity contribution >= 4 is 37.8 Å². The fraction of sp³-hybridized carbons (Fsp3) is 0.483. The highest BCUT2D eigenvalue weighted by Gasteiger charge is 2.47. The lowest BCUT2D eigenvalue weighted by atomic mass is 10.0. The molecule has 1 unspecified atom stereocenters. The van der Waals surface area contributed by atoms with Gasteiger partial charge in [0.2, 0.25) is 15.9 Å². The van der Waals surface area contributed by atoms with Crippen molar-refractivity contribution in [1.82, 2.24) is 14.5 Å². The van der Waals surface area contributed by atoms with Crippen LogP contribution in [0.3, 0.4) is 0 Å². The monoisotopic (exact) mass is 637 g/mol. The second kappa shape index (κ2) is 13.0. The summed E-state index contributed by atoms with van der Waals surface area (Å²) in [5.41, 5.74) is 0.526. The van der Waals surface area contributed by atoms with Crippen LogP contribution in [0.4, 0.5) is 4.79 Å². The summed E-state index contributed by atoms with van der Waals surface area (Å²) in [6, 6.07) is 9.70. The van der Waals surface area contributed by atoms with Crippen molar-refractivity contribution in [2.24, 2.45) is 0 Å². The number of benzene rings is 2. The molecule has 1 N–H and O–H groups in total. The molecule has 1 aliphatic rings. The van der Waals surface area contributed by atoms with Gasteiger partial charge in [-0.15, -0.1) is 0 Å². The van der Waals surface area contributed by atoms with Gasteiger partial charge in [0.15, 0.2) is 9.84 Å².